The second kappa shape index (κ2) is 7.41. The van der Waals surface area contributed by atoms with Crippen molar-refractivity contribution in [3.8, 4) is 17.1 Å². The summed E-state index contributed by atoms with van der Waals surface area (Å²) >= 11 is 1.93. The fraction of sp³-hybridized carbons (Fsp3) is 0.222. The average Bonchev–Trinajstić information content (AvgIpc) is 3.38. The van der Waals surface area contributed by atoms with E-state index in [4.69, 9.17) is 4.98 Å². The molecule has 0 spiro atoms. The predicted molar refractivity (Wildman–Crippen MR) is 130 cm³/mol. The van der Waals surface area contributed by atoms with Gasteiger partial charge in [0, 0.05) is 33.4 Å². The van der Waals surface area contributed by atoms with Crippen LogP contribution in [0.25, 0.3) is 37.2 Å². The van der Waals surface area contributed by atoms with Crippen LogP contribution >= 0.6 is 11.3 Å². The molecule has 2 nitrogen and oxygen atoms in total. The van der Waals surface area contributed by atoms with Gasteiger partial charge in [0.1, 0.15) is 5.82 Å². The van der Waals surface area contributed by atoms with Crippen LogP contribution in [-0.2, 0) is 0 Å². The molecule has 3 heteroatoms. The molecule has 0 amide bonds. The van der Waals surface area contributed by atoms with E-state index in [1.165, 1.54) is 37.0 Å². The van der Waals surface area contributed by atoms with Gasteiger partial charge in [0.05, 0.1) is 10.4 Å². The standard InChI is InChI=1S/C27H26N2S/c1-17(2)20-13-14-23-22-12-8-11-21(18(3)4)25(22)30-26(23)24(20)29-16-15-28-27(29)19-9-6-5-7-10-19/h5-18H,1-4H3. The quantitative estimate of drug-likeness (QED) is 0.292. The lowest BCUT2D eigenvalue weighted by Gasteiger charge is -2.17. The van der Waals surface area contributed by atoms with Gasteiger partial charge in [-0.2, -0.15) is 0 Å². The van der Waals surface area contributed by atoms with E-state index in [1.54, 1.807) is 0 Å². The molecular weight excluding hydrogens is 384 g/mol. The molecule has 0 bridgehead atoms. The topological polar surface area (TPSA) is 17.8 Å². The van der Waals surface area contributed by atoms with E-state index in [0.717, 1.165) is 11.4 Å². The van der Waals surface area contributed by atoms with Crippen molar-refractivity contribution in [3.63, 3.8) is 0 Å². The largest absolute Gasteiger partial charge is 0.298 e. The van der Waals surface area contributed by atoms with Gasteiger partial charge in [-0.25, -0.2) is 4.98 Å². The molecule has 0 aliphatic heterocycles. The summed E-state index contributed by atoms with van der Waals surface area (Å²) in [4.78, 5) is 4.74. The number of fused-ring (bicyclic) bond motifs is 3. The first kappa shape index (κ1) is 19.1. The molecule has 0 saturated carbocycles. The van der Waals surface area contributed by atoms with Crippen molar-refractivity contribution in [1.29, 1.82) is 0 Å². The maximum Gasteiger partial charge on any atom is 0.144 e. The fourth-order valence-electron chi connectivity index (χ4n) is 4.34. The molecule has 5 rings (SSSR count). The van der Waals surface area contributed by atoms with E-state index in [9.17, 15) is 0 Å². The van der Waals surface area contributed by atoms with Gasteiger partial charge in [-0.3, -0.25) is 4.57 Å². The number of nitrogens with zero attached hydrogens (tertiary/aromatic N) is 2. The first-order chi connectivity index (χ1) is 14.6. The number of imidazole rings is 1. The number of rotatable bonds is 4. The summed E-state index contributed by atoms with van der Waals surface area (Å²) in [6.45, 7) is 9.11. The van der Waals surface area contributed by atoms with E-state index < -0.39 is 0 Å². The van der Waals surface area contributed by atoms with Crippen LogP contribution in [0.15, 0.2) is 73.1 Å². The number of benzene rings is 3. The summed E-state index contributed by atoms with van der Waals surface area (Å²) in [6, 6.07) is 21.8. The zero-order valence-corrected chi connectivity index (χ0v) is 18.7. The Bertz CT molecular complexity index is 1340. The molecule has 0 N–H and O–H groups in total. The van der Waals surface area contributed by atoms with Crippen molar-refractivity contribution in [2.75, 3.05) is 0 Å². The molecule has 0 fully saturated rings. The highest BCUT2D eigenvalue weighted by molar-refractivity contribution is 7.26. The van der Waals surface area contributed by atoms with Gasteiger partial charge in [-0.1, -0.05) is 88.4 Å². The predicted octanol–water partition coefficient (Wildman–Crippen LogP) is 8.15. The van der Waals surface area contributed by atoms with Crippen LogP contribution in [0.4, 0.5) is 0 Å². The first-order valence-electron chi connectivity index (χ1n) is 10.6. The summed E-state index contributed by atoms with van der Waals surface area (Å²) in [7, 11) is 0. The minimum absolute atomic E-state index is 0.421. The molecule has 150 valence electrons. The third kappa shape index (κ3) is 2.96. The molecule has 5 aromatic rings. The smallest absolute Gasteiger partial charge is 0.144 e. The van der Waals surface area contributed by atoms with Crippen molar-refractivity contribution in [3.05, 3.63) is 84.2 Å². The summed E-state index contributed by atoms with van der Waals surface area (Å²) in [5, 5.41) is 2.70. The summed E-state index contributed by atoms with van der Waals surface area (Å²) < 4.78 is 5.04. The minimum Gasteiger partial charge on any atom is -0.298 e. The molecule has 2 heterocycles. The van der Waals surface area contributed by atoms with Crippen LogP contribution in [0.1, 0.15) is 50.7 Å². The molecule has 3 aromatic carbocycles. The first-order valence-corrected chi connectivity index (χ1v) is 11.4. The number of aromatic nitrogens is 2. The molecule has 30 heavy (non-hydrogen) atoms. The van der Waals surface area contributed by atoms with Gasteiger partial charge < -0.3 is 0 Å². The molecule has 0 saturated heterocycles. The normalized spacial score (nSPS) is 11.9. The second-order valence-corrected chi connectivity index (χ2v) is 9.52. The van der Waals surface area contributed by atoms with Crippen molar-refractivity contribution < 1.29 is 0 Å². The lowest BCUT2D eigenvalue weighted by atomic mass is 9.97. The van der Waals surface area contributed by atoms with E-state index >= 15 is 0 Å². The van der Waals surface area contributed by atoms with Crippen molar-refractivity contribution in [2.24, 2.45) is 0 Å². The third-order valence-corrected chi connectivity index (χ3v) is 7.14. The Balaban J connectivity index is 1.88. The SMILES string of the molecule is CC(C)c1ccc2c(sc3c(C(C)C)cccc32)c1-n1ccnc1-c1ccccc1. The van der Waals surface area contributed by atoms with Crippen LogP contribution in [0.2, 0.25) is 0 Å². The molecule has 0 atom stereocenters. The zero-order chi connectivity index (χ0) is 20.8. The van der Waals surface area contributed by atoms with Crippen molar-refractivity contribution in [1.82, 2.24) is 9.55 Å². The van der Waals surface area contributed by atoms with Gasteiger partial charge in [-0.05, 0) is 23.0 Å². The van der Waals surface area contributed by atoms with Crippen molar-refractivity contribution >= 4 is 31.5 Å². The van der Waals surface area contributed by atoms with Gasteiger partial charge in [-0.15, -0.1) is 11.3 Å². The maximum atomic E-state index is 4.74. The van der Waals surface area contributed by atoms with Gasteiger partial charge in [0.25, 0.3) is 0 Å². The Hall–Kier alpha value is -2.91. The number of thiophene rings is 1. The third-order valence-electron chi connectivity index (χ3n) is 5.86. The molecule has 0 unspecified atom stereocenters. The zero-order valence-electron chi connectivity index (χ0n) is 17.9. The number of hydrogen-bond acceptors (Lipinski definition) is 2. The molecule has 0 aliphatic rings. The lowest BCUT2D eigenvalue weighted by molar-refractivity contribution is 0.851. The second-order valence-electron chi connectivity index (χ2n) is 8.50. The molecular formula is C27H26N2S. The molecule has 2 aromatic heterocycles. The van der Waals surface area contributed by atoms with Crippen LogP contribution in [-0.4, -0.2) is 9.55 Å². The van der Waals surface area contributed by atoms with Crippen LogP contribution in [0.5, 0.6) is 0 Å². The lowest BCUT2D eigenvalue weighted by Crippen LogP contribution is -2.02. The maximum absolute atomic E-state index is 4.74. The Morgan fingerprint density at radius 1 is 0.733 bits per heavy atom. The van der Waals surface area contributed by atoms with Crippen LogP contribution < -0.4 is 0 Å². The van der Waals surface area contributed by atoms with Crippen molar-refractivity contribution in [2.45, 2.75) is 39.5 Å². The summed E-state index contributed by atoms with van der Waals surface area (Å²) in [5.74, 6) is 1.92. The highest BCUT2D eigenvalue weighted by Crippen LogP contribution is 2.44. The molecule has 0 aliphatic carbocycles. The molecule has 0 radical (unpaired) electrons. The van der Waals surface area contributed by atoms with Crippen LogP contribution in [0, 0.1) is 0 Å². The van der Waals surface area contributed by atoms with E-state index in [0.29, 0.717) is 11.8 Å². The van der Waals surface area contributed by atoms with Crippen LogP contribution in [0.3, 0.4) is 0 Å². The van der Waals surface area contributed by atoms with Gasteiger partial charge in [0.2, 0.25) is 0 Å². The number of hydrogen-bond donors (Lipinski definition) is 0. The van der Waals surface area contributed by atoms with E-state index in [1.807, 2.05) is 17.5 Å². The fourth-order valence-corrected chi connectivity index (χ4v) is 5.85. The Labute approximate surface area is 181 Å². The Kier molecular flexibility index (Phi) is 4.71. The Morgan fingerprint density at radius 2 is 1.47 bits per heavy atom. The summed E-state index contributed by atoms with van der Waals surface area (Å²) in [5.41, 5.74) is 5.20. The van der Waals surface area contributed by atoms with Gasteiger partial charge in [0.15, 0.2) is 0 Å². The van der Waals surface area contributed by atoms with E-state index in [2.05, 4.69) is 99.1 Å². The Morgan fingerprint density at radius 3 is 2.20 bits per heavy atom. The van der Waals surface area contributed by atoms with E-state index in [-0.39, 0.29) is 0 Å². The highest BCUT2D eigenvalue weighted by atomic mass is 32.1. The summed E-state index contributed by atoms with van der Waals surface area (Å²) in [6.07, 6.45) is 4.02. The monoisotopic (exact) mass is 410 g/mol. The van der Waals surface area contributed by atoms with Gasteiger partial charge >= 0.3 is 0 Å². The minimum atomic E-state index is 0.421. The highest BCUT2D eigenvalue weighted by Gasteiger charge is 2.20. The average molecular weight is 411 g/mol.